The molecule has 6 heteroatoms. The highest BCUT2D eigenvalue weighted by atomic mass is 19.1. The number of hydrogen-bond donors (Lipinski definition) is 2. The van der Waals surface area contributed by atoms with Gasteiger partial charge in [-0.1, -0.05) is 0 Å². The van der Waals surface area contributed by atoms with Crippen molar-refractivity contribution in [1.29, 1.82) is 5.41 Å². The third-order valence-corrected chi connectivity index (χ3v) is 2.59. The number of nitrogen functional groups attached to an aromatic ring is 1. The van der Waals surface area contributed by atoms with Gasteiger partial charge in [-0.25, -0.2) is 8.78 Å². The molecule has 100 valence electrons. The van der Waals surface area contributed by atoms with Crippen LogP contribution in [-0.4, -0.2) is 32.6 Å². The number of rotatable bonds is 6. The van der Waals surface area contributed by atoms with Crippen LogP contribution in [0.3, 0.4) is 0 Å². The maximum atomic E-state index is 13.9. The first-order valence-electron chi connectivity index (χ1n) is 5.58. The number of halogens is 2. The molecule has 0 atom stereocenters. The maximum absolute atomic E-state index is 13.9. The van der Waals surface area contributed by atoms with Crippen LogP contribution < -0.4 is 10.6 Å². The monoisotopic (exact) mass is 257 g/mol. The van der Waals surface area contributed by atoms with E-state index in [1.807, 2.05) is 0 Å². The summed E-state index contributed by atoms with van der Waals surface area (Å²) in [6, 6.07) is 2.13. The zero-order valence-corrected chi connectivity index (χ0v) is 10.5. The van der Waals surface area contributed by atoms with Gasteiger partial charge >= 0.3 is 0 Å². The van der Waals surface area contributed by atoms with Gasteiger partial charge in [0.15, 0.2) is 0 Å². The second kappa shape index (κ2) is 6.30. The Bertz CT molecular complexity index is 414. The number of likely N-dealkylation sites (N-methyl/N-ethyl adjacent to an activating group) is 1. The minimum absolute atomic E-state index is 0.0385. The molecule has 0 radical (unpaired) electrons. The fraction of sp³-hybridized carbons (Fsp3) is 0.417. The predicted molar refractivity (Wildman–Crippen MR) is 67.1 cm³/mol. The number of benzene rings is 1. The van der Waals surface area contributed by atoms with Gasteiger partial charge in [-0.3, -0.25) is 5.41 Å². The minimum atomic E-state index is -0.724. The molecule has 0 amide bonds. The van der Waals surface area contributed by atoms with Gasteiger partial charge in [-0.05, 0) is 19.1 Å². The third kappa shape index (κ3) is 3.16. The number of nitrogens with zero attached hydrogens (tertiary/aromatic N) is 1. The van der Waals surface area contributed by atoms with Crippen LogP contribution in [0.15, 0.2) is 12.1 Å². The van der Waals surface area contributed by atoms with E-state index in [1.54, 1.807) is 6.92 Å². The molecule has 0 saturated heterocycles. The SMILES string of the molecule is CCN(CCOC)c1c(F)cc(C(=N)N)cc1F. The predicted octanol–water partition coefficient (Wildman–Crippen LogP) is 1.72. The average molecular weight is 257 g/mol. The number of methoxy groups -OCH3 is 1. The molecule has 0 aliphatic rings. The van der Waals surface area contributed by atoms with Crippen LogP contribution in [0.1, 0.15) is 12.5 Å². The lowest BCUT2D eigenvalue weighted by Crippen LogP contribution is -2.29. The van der Waals surface area contributed by atoms with Crippen molar-refractivity contribution in [2.24, 2.45) is 5.73 Å². The molecule has 0 fully saturated rings. The van der Waals surface area contributed by atoms with Crippen molar-refractivity contribution in [2.45, 2.75) is 6.92 Å². The summed E-state index contributed by atoms with van der Waals surface area (Å²) >= 11 is 0. The Balaban J connectivity index is 3.11. The summed E-state index contributed by atoms with van der Waals surface area (Å²) in [5, 5.41) is 7.17. The van der Waals surface area contributed by atoms with Gasteiger partial charge < -0.3 is 15.4 Å². The largest absolute Gasteiger partial charge is 0.384 e. The standard InChI is InChI=1S/C12H17F2N3O/c1-3-17(4-5-18-2)11-9(13)6-8(12(15)16)7-10(11)14/h6-7H,3-5H2,1-2H3,(H3,15,16). The molecule has 0 bridgehead atoms. The zero-order chi connectivity index (χ0) is 13.7. The molecule has 4 nitrogen and oxygen atoms in total. The van der Waals surface area contributed by atoms with Crippen LogP contribution in [0.25, 0.3) is 0 Å². The molecule has 1 rings (SSSR count). The molecule has 3 N–H and O–H groups in total. The van der Waals surface area contributed by atoms with Crippen LogP contribution in [0, 0.1) is 17.0 Å². The fourth-order valence-electron chi connectivity index (χ4n) is 1.65. The van der Waals surface area contributed by atoms with E-state index in [0.29, 0.717) is 19.7 Å². The van der Waals surface area contributed by atoms with Crippen molar-refractivity contribution >= 4 is 11.5 Å². The van der Waals surface area contributed by atoms with Gasteiger partial charge in [-0.2, -0.15) is 0 Å². The van der Waals surface area contributed by atoms with Gasteiger partial charge in [0.25, 0.3) is 0 Å². The number of nitrogens with one attached hydrogen (secondary N) is 1. The Morgan fingerprint density at radius 3 is 2.33 bits per heavy atom. The average Bonchev–Trinajstić information content (AvgIpc) is 2.32. The molecule has 18 heavy (non-hydrogen) atoms. The Morgan fingerprint density at radius 2 is 1.94 bits per heavy atom. The van der Waals surface area contributed by atoms with E-state index < -0.39 is 11.6 Å². The molecular formula is C12H17F2N3O. The molecular weight excluding hydrogens is 240 g/mol. The van der Waals surface area contributed by atoms with Gasteiger partial charge in [-0.15, -0.1) is 0 Å². The summed E-state index contributed by atoms with van der Waals surface area (Å²) in [4.78, 5) is 1.54. The topological polar surface area (TPSA) is 62.3 Å². The molecule has 1 aromatic carbocycles. The summed E-state index contributed by atoms with van der Waals surface area (Å²) in [6.45, 7) is 3.02. The van der Waals surface area contributed by atoms with Crippen LogP contribution in [0.5, 0.6) is 0 Å². The highest BCUT2D eigenvalue weighted by molar-refractivity contribution is 5.95. The number of nitrogens with two attached hydrogens (primary N) is 1. The van der Waals surface area contributed by atoms with E-state index in [2.05, 4.69) is 0 Å². The van der Waals surface area contributed by atoms with Crippen LogP contribution in [-0.2, 0) is 4.74 Å². The van der Waals surface area contributed by atoms with Gasteiger partial charge in [0.05, 0.1) is 6.61 Å². The van der Waals surface area contributed by atoms with Crippen LogP contribution >= 0.6 is 0 Å². The van der Waals surface area contributed by atoms with E-state index in [9.17, 15) is 8.78 Å². The first-order chi connectivity index (χ1) is 8.51. The second-order valence-electron chi connectivity index (χ2n) is 3.77. The van der Waals surface area contributed by atoms with E-state index in [0.717, 1.165) is 12.1 Å². The lowest BCUT2D eigenvalue weighted by molar-refractivity contribution is 0.205. The van der Waals surface area contributed by atoms with Crippen molar-refractivity contribution < 1.29 is 13.5 Å². The van der Waals surface area contributed by atoms with E-state index in [4.69, 9.17) is 15.9 Å². The Hall–Kier alpha value is -1.69. The van der Waals surface area contributed by atoms with E-state index in [-0.39, 0.29) is 17.1 Å². The van der Waals surface area contributed by atoms with Crippen LogP contribution in [0.2, 0.25) is 0 Å². The summed E-state index contributed by atoms with van der Waals surface area (Å²) in [7, 11) is 1.53. The summed E-state index contributed by atoms with van der Waals surface area (Å²) in [5.74, 6) is -1.81. The van der Waals surface area contributed by atoms with E-state index in [1.165, 1.54) is 12.0 Å². The third-order valence-electron chi connectivity index (χ3n) is 2.59. The lowest BCUT2D eigenvalue weighted by atomic mass is 10.1. The van der Waals surface area contributed by atoms with Crippen LogP contribution in [0.4, 0.5) is 14.5 Å². The van der Waals surface area contributed by atoms with E-state index >= 15 is 0 Å². The number of amidine groups is 1. The highest BCUT2D eigenvalue weighted by Gasteiger charge is 2.17. The van der Waals surface area contributed by atoms with Crippen molar-refractivity contribution in [3.8, 4) is 0 Å². The molecule has 0 heterocycles. The normalized spacial score (nSPS) is 10.4. The molecule has 0 aromatic heterocycles. The second-order valence-corrected chi connectivity index (χ2v) is 3.77. The molecule has 0 spiro atoms. The Morgan fingerprint density at radius 1 is 1.39 bits per heavy atom. The van der Waals surface area contributed by atoms with Crippen molar-refractivity contribution in [3.63, 3.8) is 0 Å². The van der Waals surface area contributed by atoms with Gasteiger partial charge in [0.1, 0.15) is 23.2 Å². The summed E-state index contributed by atoms with van der Waals surface area (Å²) < 4.78 is 32.6. The maximum Gasteiger partial charge on any atom is 0.150 e. The highest BCUT2D eigenvalue weighted by Crippen LogP contribution is 2.24. The van der Waals surface area contributed by atoms with Crippen molar-refractivity contribution in [3.05, 3.63) is 29.3 Å². The first kappa shape index (κ1) is 14.4. The summed E-state index contributed by atoms with van der Waals surface area (Å²) in [5.41, 5.74) is 5.13. The number of hydrogen-bond acceptors (Lipinski definition) is 3. The Labute approximate surface area is 105 Å². The number of ether oxygens (including phenoxy) is 1. The molecule has 1 aromatic rings. The van der Waals surface area contributed by atoms with Crippen molar-refractivity contribution in [1.82, 2.24) is 0 Å². The first-order valence-corrected chi connectivity index (χ1v) is 5.58. The van der Waals surface area contributed by atoms with Crippen molar-refractivity contribution in [2.75, 3.05) is 31.7 Å². The Kier molecular flexibility index (Phi) is 5.03. The lowest BCUT2D eigenvalue weighted by Gasteiger charge is -2.24. The smallest absolute Gasteiger partial charge is 0.150 e. The van der Waals surface area contributed by atoms with Gasteiger partial charge in [0.2, 0.25) is 0 Å². The molecule has 0 aliphatic carbocycles. The quantitative estimate of drug-likeness (QED) is 0.602. The fourth-order valence-corrected chi connectivity index (χ4v) is 1.65. The zero-order valence-electron chi connectivity index (χ0n) is 10.5. The molecule has 0 saturated carbocycles. The number of anilines is 1. The minimum Gasteiger partial charge on any atom is -0.384 e. The summed E-state index contributed by atoms with van der Waals surface area (Å²) in [6.07, 6.45) is 0. The molecule has 0 unspecified atom stereocenters. The van der Waals surface area contributed by atoms with Gasteiger partial charge in [0, 0.05) is 25.8 Å². The molecule has 0 aliphatic heterocycles.